The minimum Gasteiger partial charge on any atom is -0.496 e. The first-order chi connectivity index (χ1) is 12.5. The van der Waals surface area contributed by atoms with Gasteiger partial charge in [0.15, 0.2) is 5.82 Å². The Morgan fingerprint density at radius 3 is 2.96 bits per heavy atom. The van der Waals surface area contributed by atoms with Gasteiger partial charge in [0.1, 0.15) is 5.75 Å². The van der Waals surface area contributed by atoms with E-state index in [0.717, 1.165) is 30.7 Å². The lowest BCUT2D eigenvalue weighted by Crippen LogP contribution is -2.41. The molecule has 1 aromatic carbocycles. The topological polar surface area (TPSA) is 89.3 Å². The number of ether oxygens (including phenoxy) is 1. The van der Waals surface area contributed by atoms with Gasteiger partial charge in [-0.25, -0.2) is 0 Å². The molecule has 1 aromatic heterocycles. The molecule has 1 fully saturated rings. The molecule has 0 aliphatic carbocycles. The van der Waals surface area contributed by atoms with E-state index in [9.17, 15) is 4.79 Å². The molecule has 1 unspecified atom stereocenters. The summed E-state index contributed by atoms with van der Waals surface area (Å²) in [5.41, 5.74) is 0.543. The number of hydrogen-bond donors (Lipinski definition) is 2. The molecule has 0 spiro atoms. The number of benzene rings is 1. The Morgan fingerprint density at radius 1 is 1.42 bits per heavy atom. The molecule has 2 N–H and O–H groups in total. The number of para-hydroxylation sites is 1. The van der Waals surface area contributed by atoms with Crippen LogP contribution in [0.25, 0.3) is 0 Å². The second kappa shape index (κ2) is 7.86. The fraction of sp³-hybridized carbons (Fsp3) is 0.526. The molecule has 1 aliphatic rings. The minimum absolute atomic E-state index is 0.0385. The lowest BCUT2D eigenvalue weighted by molar-refractivity contribution is -0.122. The van der Waals surface area contributed by atoms with E-state index in [1.807, 2.05) is 38.1 Å². The van der Waals surface area contributed by atoms with Crippen molar-refractivity contribution in [1.82, 2.24) is 20.8 Å². The molecule has 3 rings (SSSR count). The molecular weight excluding hydrogens is 332 g/mol. The van der Waals surface area contributed by atoms with Crippen LogP contribution >= 0.6 is 0 Å². The molecule has 26 heavy (non-hydrogen) atoms. The van der Waals surface area contributed by atoms with Crippen molar-refractivity contribution in [3.05, 3.63) is 41.5 Å². The number of amides is 1. The molecule has 140 valence electrons. The molecule has 0 saturated carbocycles. The number of carbonyl (C=O) groups excluding carboxylic acids is 1. The van der Waals surface area contributed by atoms with Crippen molar-refractivity contribution in [2.45, 2.75) is 44.6 Å². The molecule has 7 heteroatoms. The maximum Gasteiger partial charge on any atom is 0.237 e. The minimum atomic E-state index is -0.453. The third-order valence-corrected chi connectivity index (χ3v) is 4.82. The average Bonchev–Trinajstić information content (AvgIpc) is 3.34. The number of rotatable bonds is 7. The van der Waals surface area contributed by atoms with Crippen LogP contribution in [0.1, 0.15) is 44.0 Å². The normalized spacial score (nSPS) is 17.3. The van der Waals surface area contributed by atoms with Gasteiger partial charge in [-0.05, 0) is 39.3 Å². The third kappa shape index (κ3) is 3.88. The quantitative estimate of drug-likeness (QED) is 0.785. The lowest BCUT2D eigenvalue weighted by atomic mass is 9.83. The van der Waals surface area contributed by atoms with Crippen LogP contribution in [0.5, 0.6) is 5.75 Å². The molecule has 2 aromatic rings. The largest absolute Gasteiger partial charge is 0.496 e. The fourth-order valence-electron chi connectivity index (χ4n) is 3.22. The summed E-state index contributed by atoms with van der Waals surface area (Å²) < 4.78 is 10.8. The SMILES string of the molecule is COc1ccccc1C(C)(C)c1noc(CCNC(=O)C2CCCN2)n1. The van der Waals surface area contributed by atoms with E-state index >= 15 is 0 Å². The summed E-state index contributed by atoms with van der Waals surface area (Å²) in [5.74, 6) is 1.94. The van der Waals surface area contributed by atoms with Crippen LogP contribution < -0.4 is 15.4 Å². The van der Waals surface area contributed by atoms with E-state index < -0.39 is 5.41 Å². The number of carbonyl (C=O) groups is 1. The van der Waals surface area contributed by atoms with Crippen molar-refractivity contribution in [2.24, 2.45) is 0 Å². The van der Waals surface area contributed by atoms with Crippen molar-refractivity contribution < 1.29 is 14.1 Å². The molecule has 1 atom stereocenters. The lowest BCUT2D eigenvalue weighted by Gasteiger charge is -2.23. The van der Waals surface area contributed by atoms with Gasteiger partial charge < -0.3 is 19.9 Å². The number of nitrogens with zero attached hydrogens (tertiary/aromatic N) is 2. The Hall–Kier alpha value is -2.41. The highest BCUT2D eigenvalue weighted by molar-refractivity contribution is 5.81. The van der Waals surface area contributed by atoms with Crippen molar-refractivity contribution >= 4 is 5.91 Å². The van der Waals surface area contributed by atoms with Gasteiger partial charge in [0.25, 0.3) is 0 Å². The summed E-state index contributed by atoms with van der Waals surface area (Å²) in [6.07, 6.45) is 2.44. The first-order valence-electron chi connectivity index (χ1n) is 9.00. The molecular formula is C19H26N4O3. The second-order valence-electron chi connectivity index (χ2n) is 7.03. The van der Waals surface area contributed by atoms with Crippen molar-refractivity contribution in [3.8, 4) is 5.75 Å². The van der Waals surface area contributed by atoms with Gasteiger partial charge in [0.05, 0.1) is 18.6 Å². The van der Waals surface area contributed by atoms with Crippen LogP contribution in [0.15, 0.2) is 28.8 Å². The Morgan fingerprint density at radius 2 is 2.23 bits per heavy atom. The van der Waals surface area contributed by atoms with Gasteiger partial charge >= 0.3 is 0 Å². The van der Waals surface area contributed by atoms with E-state index in [4.69, 9.17) is 9.26 Å². The Kier molecular flexibility index (Phi) is 5.56. The van der Waals surface area contributed by atoms with Crippen LogP contribution in [0.4, 0.5) is 0 Å². The van der Waals surface area contributed by atoms with E-state index in [2.05, 4.69) is 20.8 Å². The van der Waals surface area contributed by atoms with Crippen molar-refractivity contribution in [1.29, 1.82) is 0 Å². The zero-order chi connectivity index (χ0) is 18.6. The summed E-state index contributed by atoms with van der Waals surface area (Å²) >= 11 is 0. The first-order valence-corrected chi connectivity index (χ1v) is 9.00. The van der Waals surface area contributed by atoms with Crippen LogP contribution in [0.3, 0.4) is 0 Å². The van der Waals surface area contributed by atoms with Gasteiger partial charge in [0, 0.05) is 18.5 Å². The molecule has 1 saturated heterocycles. The second-order valence-corrected chi connectivity index (χ2v) is 7.03. The zero-order valence-electron chi connectivity index (χ0n) is 15.5. The van der Waals surface area contributed by atoms with E-state index in [0.29, 0.717) is 24.7 Å². The summed E-state index contributed by atoms with van der Waals surface area (Å²) in [6.45, 7) is 5.46. The maximum absolute atomic E-state index is 12.0. The number of aromatic nitrogens is 2. The van der Waals surface area contributed by atoms with Gasteiger partial charge in [-0.3, -0.25) is 4.79 Å². The van der Waals surface area contributed by atoms with E-state index in [1.165, 1.54) is 0 Å². The van der Waals surface area contributed by atoms with Crippen LogP contribution in [-0.4, -0.2) is 42.3 Å². The van der Waals surface area contributed by atoms with Crippen molar-refractivity contribution in [2.75, 3.05) is 20.2 Å². The highest BCUT2D eigenvalue weighted by Gasteiger charge is 2.31. The Labute approximate surface area is 153 Å². The molecule has 0 bridgehead atoms. The monoisotopic (exact) mass is 358 g/mol. The average molecular weight is 358 g/mol. The summed E-state index contributed by atoms with van der Waals surface area (Å²) in [4.78, 5) is 16.5. The molecule has 0 radical (unpaired) electrons. The van der Waals surface area contributed by atoms with Gasteiger partial charge in [-0.2, -0.15) is 4.98 Å². The molecule has 1 amide bonds. The van der Waals surface area contributed by atoms with Gasteiger partial charge in [-0.15, -0.1) is 0 Å². The smallest absolute Gasteiger partial charge is 0.237 e. The van der Waals surface area contributed by atoms with E-state index in [1.54, 1.807) is 7.11 Å². The molecule has 1 aliphatic heterocycles. The zero-order valence-corrected chi connectivity index (χ0v) is 15.5. The summed E-state index contributed by atoms with van der Waals surface area (Å²) in [6, 6.07) is 7.75. The van der Waals surface area contributed by atoms with Gasteiger partial charge in [0.2, 0.25) is 11.8 Å². The van der Waals surface area contributed by atoms with Crippen LogP contribution in [0, 0.1) is 0 Å². The fourth-order valence-corrected chi connectivity index (χ4v) is 3.22. The maximum atomic E-state index is 12.0. The van der Waals surface area contributed by atoms with E-state index in [-0.39, 0.29) is 11.9 Å². The number of hydrogen-bond acceptors (Lipinski definition) is 6. The van der Waals surface area contributed by atoms with Crippen LogP contribution in [-0.2, 0) is 16.6 Å². The molecule has 7 nitrogen and oxygen atoms in total. The number of methoxy groups -OCH3 is 1. The van der Waals surface area contributed by atoms with Crippen molar-refractivity contribution in [3.63, 3.8) is 0 Å². The van der Waals surface area contributed by atoms with Crippen LogP contribution in [0.2, 0.25) is 0 Å². The molecule has 2 heterocycles. The Balaban J connectivity index is 1.62. The Bertz CT molecular complexity index is 751. The predicted molar refractivity (Wildman–Crippen MR) is 97.2 cm³/mol. The third-order valence-electron chi connectivity index (χ3n) is 4.82. The highest BCUT2D eigenvalue weighted by Crippen LogP contribution is 2.35. The standard InChI is InChI=1S/C19H26N4O3/c1-19(2,13-7-4-5-9-15(13)25-3)18-22-16(26-23-18)10-12-21-17(24)14-8-6-11-20-14/h4-5,7,9,14,20H,6,8,10-12H2,1-3H3,(H,21,24). The predicted octanol–water partition coefficient (Wildman–Crippen LogP) is 1.81. The first kappa shape index (κ1) is 18.4. The number of nitrogens with one attached hydrogen (secondary N) is 2. The van der Waals surface area contributed by atoms with Gasteiger partial charge in [-0.1, -0.05) is 23.4 Å². The highest BCUT2D eigenvalue weighted by atomic mass is 16.5. The summed E-state index contributed by atoms with van der Waals surface area (Å²) in [7, 11) is 1.65. The summed E-state index contributed by atoms with van der Waals surface area (Å²) in [5, 5.41) is 10.3.